The molecule has 6 heteroatoms. The van der Waals surface area contributed by atoms with Gasteiger partial charge in [-0.3, -0.25) is 4.79 Å². The number of amides is 1. The zero-order valence-corrected chi connectivity index (χ0v) is 12.5. The summed E-state index contributed by atoms with van der Waals surface area (Å²) in [6.07, 6.45) is 0.492. The van der Waals surface area contributed by atoms with E-state index in [9.17, 15) is 13.6 Å². The van der Waals surface area contributed by atoms with Crippen molar-refractivity contribution in [1.82, 2.24) is 0 Å². The summed E-state index contributed by atoms with van der Waals surface area (Å²) < 4.78 is 32.7. The van der Waals surface area contributed by atoms with Crippen LogP contribution in [0.4, 0.5) is 14.5 Å². The smallest absolute Gasteiger partial charge is 0.259 e. The van der Waals surface area contributed by atoms with Crippen LogP contribution in [0.25, 0.3) is 0 Å². The van der Waals surface area contributed by atoms with Gasteiger partial charge in [-0.05, 0) is 42.8 Å². The first-order chi connectivity index (χ1) is 11.0. The fraction of sp³-hybridized carbons (Fsp3) is 0.235. The summed E-state index contributed by atoms with van der Waals surface area (Å²) in [6.45, 7) is 1.93. The number of hydrogen-bond donors (Lipinski definition) is 2. The molecule has 120 valence electrons. The van der Waals surface area contributed by atoms with Crippen molar-refractivity contribution < 1.29 is 18.3 Å². The average Bonchev–Trinajstić information content (AvgIpc) is 2.51. The first-order valence-electron chi connectivity index (χ1n) is 7.25. The third-order valence-corrected chi connectivity index (χ3v) is 3.85. The minimum absolute atomic E-state index is 0.181. The van der Waals surface area contributed by atoms with E-state index < -0.39 is 17.8 Å². The number of carbonyl (C=O) groups excluding carboxylic acids is 1. The van der Waals surface area contributed by atoms with Crippen LogP contribution >= 0.6 is 0 Å². The van der Waals surface area contributed by atoms with Crippen molar-refractivity contribution in [2.45, 2.75) is 19.4 Å². The Morgan fingerprint density at radius 3 is 2.74 bits per heavy atom. The zero-order chi connectivity index (χ0) is 16.6. The highest BCUT2D eigenvalue weighted by molar-refractivity contribution is 6.06. The summed E-state index contributed by atoms with van der Waals surface area (Å²) in [5.41, 5.74) is 7.21. The van der Waals surface area contributed by atoms with Gasteiger partial charge < -0.3 is 15.8 Å². The van der Waals surface area contributed by atoms with Crippen LogP contribution in [-0.2, 0) is 0 Å². The Hall–Kier alpha value is -2.47. The van der Waals surface area contributed by atoms with Crippen LogP contribution in [0.2, 0.25) is 0 Å². The molecule has 0 aromatic heterocycles. The van der Waals surface area contributed by atoms with Crippen molar-refractivity contribution in [1.29, 1.82) is 0 Å². The van der Waals surface area contributed by atoms with E-state index in [1.54, 1.807) is 6.92 Å². The minimum Gasteiger partial charge on any atom is -0.492 e. The van der Waals surface area contributed by atoms with Crippen LogP contribution in [0.15, 0.2) is 30.3 Å². The summed E-state index contributed by atoms with van der Waals surface area (Å²) in [5.74, 6) is -1.11. The number of carbonyl (C=O) groups is 1. The molecule has 23 heavy (non-hydrogen) atoms. The van der Waals surface area contributed by atoms with Gasteiger partial charge in [-0.15, -0.1) is 0 Å². The van der Waals surface area contributed by atoms with E-state index in [2.05, 4.69) is 5.32 Å². The molecule has 2 aromatic carbocycles. The Labute approximate surface area is 132 Å². The molecule has 0 fully saturated rings. The topological polar surface area (TPSA) is 64.3 Å². The van der Waals surface area contributed by atoms with Crippen LogP contribution in [0.1, 0.15) is 33.9 Å². The molecule has 1 atom stereocenters. The highest BCUT2D eigenvalue weighted by atomic mass is 19.1. The maximum atomic E-state index is 14.0. The van der Waals surface area contributed by atoms with Crippen molar-refractivity contribution in [3.63, 3.8) is 0 Å². The number of anilines is 1. The van der Waals surface area contributed by atoms with Crippen LogP contribution in [0, 0.1) is 18.6 Å². The maximum absolute atomic E-state index is 14.0. The molecule has 2 aromatic rings. The van der Waals surface area contributed by atoms with Gasteiger partial charge in [0.15, 0.2) is 0 Å². The Balaban J connectivity index is 1.94. The van der Waals surface area contributed by atoms with Crippen LogP contribution in [0.3, 0.4) is 0 Å². The van der Waals surface area contributed by atoms with E-state index >= 15 is 0 Å². The predicted octanol–water partition coefficient (Wildman–Crippen LogP) is 3.31. The summed E-state index contributed by atoms with van der Waals surface area (Å²) >= 11 is 0. The Morgan fingerprint density at radius 1 is 1.26 bits per heavy atom. The minimum atomic E-state index is -0.500. The fourth-order valence-electron chi connectivity index (χ4n) is 2.61. The van der Waals surface area contributed by atoms with Gasteiger partial charge in [-0.1, -0.05) is 0 Å². The van der Waals surface area contributed by atoms with E-state index in [0.717, 1.165) is 0 Å². The average molecular weight is 318 g/mol. The summed E-state index contributed by atoms with van der Waals surface area (Å²) in [6, 6.07) is 6.33. The predicted molar refractivity (Wildman–Crippen MR) is 82.5 cm³/mol. The maximum Gasteiger partial charge on any atom is 0.259 e. The Morgan fingerprint density at radius 2 is 2.00 bits per heavy atom. The molecule has 0 saturated heterocycles. The molecule has 0 bridgehead atoms. The second-order valence-corrected chi connectivity index (χ2v) is 5.50. The van der Waals surface area contributed by atoms with Gasteiger partial charge in [0.1, 0.15) is 17.4 Å². The molecule has 0 radical (unpaired) electrons. The lowest BCUT2D eigenvalue weighted by atomic mass is 9.97. The molecule has 1 amide bonds. The van der Waals surface area contributed by atoms with Crippen molar-refractivity contribution >= 4 is 11.6 Å². The first kappa shape index (κ1) is 15.4. The number of ether oxygens (including phenoxy) is 1. The lowest BCUT2D eigenvalue weighted by Crippen LogP contribution is -2.25. The first-order valence-corrected chi connectivity index (χ1v) is 7.25. The van der Waals surface area contributed by atoms with E-state index in [-0.39, 0.29) is 22.7 Å². The molecule has 4 nitrogen and oxygen atoms in total. The Bertz CT molecular complexity index is 777. The SMILES string of the molecule is Cc1cc(NC(=O)c2ccc(F)c3c2OCCC3N)ccc1F. The largest absolute Gasteiger partial charge is 0.492 e. The highest BCUT2D eigenvalue weighted by Crippen LogP contribution is 2.36. The van der Waals surface area contributed by atoms with Crippen LogP contribution in [0.5, 0.6) is 5.75 Å². The van der Waals surface area contributed by atoms with Crippen molar-refractivity contribution in [2.24, 2.45) is 5.73 Å². The Kier molecular flexibility index (Phi) is 4.00. The van der Waals surface area contributed by atoms with E-state index in [1.807, 2.05) is 0 Å². The molecule has 1 aliphatic heterocycles. The third kappa shape index (κ3) is 2.90. The molecule has 1 aliphatic rings. The van der Waals surface area contributed by atoms with Gasteiger partial charge >= 0.3 is 0 Å². The van der Waals surface area contributed by atoms with Gasteiger partial charge in [-0.2, -0.15) is 0 Å². The van der Waals surface area contributed by atoms with Gasteiger partial charge in [0.05, 0.1) is 12.2 Å². The zero-order valence-electron chi connectivity index (χ0n) is 12.5. The normalized spacial score (nSPS) is 16.4. The standard InChI is InChI=1S/C17H16F2N2O2/c1-9-8-10(2-4-12(9)18)21-17(22)11-3-5-13(19)15-14(20)6-7-23-16(11)15/h2-5,8,14H,6-7,20H2,1H3,(H,21,22). The number of rotatable bonds is 2. The number of nitrogens with one attached hydrogen (secondary N) is 1. The molecular formula is C17H16F2N2O2. The molecule has 0 saturated carbocycles. The monoisotopic (exact) mass is 318 g/mol. The van der Waals surface area contributed by atoms with Crippen LogP contribution < -0.4 is 15.8 Å². The summed E-state index contributed by atoms with van der Waals surface area (Å²) in [5, 5.41) is 2.66. The molecule has 0 spiro atoms. The van der Waals surface area contributed by atoms with Gasteiger partial charge in [0.2, 0.25) is 0 Å². The van der Waals surface area contributed by atoms with E-state index in [1.165, 1.54) is 30.3 Å². The lowest BCUT2D eigenvalue weighted by Gasteiger charge is -2.25. The lowest BCUT2D eigenvalue weighted by molar-refractivity contribution is 0.102. The number of halogens is 2. The second kappa shape index (κ2) is 5.96. The third-order valence-electron chi connectivity index (χ3n) is 3.85. The van der Waals surface area contributed by atoms with Gasteiger partial charge in [0.25, 0.3) is 5.91 Å². The van der Waals surface area contributed by atoms with Gasteiger partial charge in [-0.25, -0.2) is 8.78 Å². The highest BCUT2D eigenvalue weighted by Gasteiger charge is 2.27. The summed E-state index contributed by atoms with van der Waals surface area (Å²) in [4.78, 5) is 12.5. The summed E-state index contributed by atoms with van der Waals surface area (Å²) in [7, 11) is 0. The number of aryl methyl sites for hydroxylation is 1. The van der Waals surface area contributed by atoms with E-state index in [4.69, 9.17) is 10.5 Å². The number of fused-ring (bicyclic) bond motifs is 1. The molecule has 1 unspecified atom stereocenters. The van der Waals surface area contributed by atoms with Crippen molar-refractivity contribution in [3.8, 4) is 5.75 Å². The molecule has 3 N–H and O–H groups in total. The van der Waals surface area contributed by atoms with E-state index in [0.29, 0.717) is 24.3 Å². The van der Waals surface area contributed by atoms with Crippen molar-refractivity contribution in [3.05, 3.63) is 58.7 Å². The molecule has 0 aliphatic carbocycles. The van der Waals surface area contributed by atoms with Crippen molar-refractivity contribution in [2.75, 3.05) is 11.9 Å². The molecular weight excluding hydrogens is 302 g/mol. The molecule has 1 heterocycles. The number of nitrogens with two attached hydrogens (primary N) is 1. The van der Waals surface area contributed by atoms with Crippen LogP contribution in [-0.4, -0.2) is 12.5 Å². The molecule has 3 rings (SSSR count). The fourth-order valence-corrected chi connectivity index (χ4v) is 2.61. The second-order valence-electron chi connectivity index (χ2n) is 5.50. The number of hydrogen-bond acceptors (Lipinski definition) is 3. The van der Waals surface area contributed by atoms with Gasteiger partial charge in [0, 0.05) is 23.7 Å². The number of benzene rings is 2. The quantitative estimate of drug-likeness (QED) is 0.893.